The number of nitrogens with zero attached hydrogens (tertiary/aromatic N) is 3. The summed E-state index contributed by atoms with van der Waals surface area (Å²) in [5, 5.41) is 19.8. The molecule has 3 aromatic heterocycles. The maximum atomic E-state index is 14.0. The zero-order chi connectivity index (χ0) is 22.1. The van der Waals surface area contributed by atoms with Crippen molar-refractivity contribution >= 4 is 17.1 Å². The molecular formula is C21H25F2N5O2. The van der Waals surface area contributed by atoms with E-state index in [1.54, 1.807) is 22.8 Å². The predicted molar refractivity (Wildman–Crippen MR) is 111 cm³/mol. The van der Waals surface area contributed by atoms with Crippen molar-refractivity contribution in [2.75, 3.05) is 11.9 Å². The number of anilines is 1. The molecule has 0 radical (unpaired) electrons. The Labute approximate surface area is 173 Å². The fourth-order valence-electron chi connectivity index (χ4n) is 2.88. The average Bonchev–Trinajstić information content (AvgIpc) is 3.10. The third-order valence-corrected chi connectivity index (χ3v) is 4.55. The van der Waals surface area contributed by atoms with Crippen molar-refractivity contribution in [1.82, 2.24) is 19.9 Å². The van der Waals surface area contributed by atoms with Gasteiger partial charge in [-0.2, -0.15) is 5.10 Å². The van der Waals surface area contributed by atoms with Crippen molar-refractivity contribution in [2.24, 2.45) is 0 Å². The predicted octanol–water partition coefficient (Wildman–Crippen LogP) is 3.19. The Kier molecular flexibility index (Phi) is 6.02. The summed E-state index contributed by atoms with van der Waals surface area (Å²) in [6.07, 6.45) is 2.64. The summed E-state index contributed by atoms with van der Waals surface area (Å²) < 4.78 is 28.8. The van der Waals surface area contributed by atoms with Gasteiger partial charge in [-0.05, 0) is 45.9 Å². The summed E-state index contributed by atoms with van der Waals surface area (Å²) in [5.74, 6) is -0.943. The highest BCUT2D eigenvalue weighted by molar-refractivity contribution is 6.03. The third kappa shape index (κ3) is 4.73. The minimum Gasteiger partial charge on any atom is -0.387 e. The number of amides is 1. The maximum absolute atomic E-state index is 14.0. The molecule has 0 spiro atoms. The van der Waals surface area contributed by atoms with Crippen LogP contribution in [-0.4, -0.2) is 50.0 Å². The molecular weight excluding hydrogens is 392 g/mol. The van der Waals surface area contributed by atoms with E-state index in [0.717, 1.165) is 6.20 Å². The number of nitrogens with one attached hydrogen (secondary N) is 2. The van der Waals surface area contributed by atoms with Gasteiger partial charge in [0.25, 0.3) is 5.91 Å². The van der Waals surface area contributed by atoms with Gasteiger partial charge in [-0.3, -0.25) is 9.78 Å². The highest BCUT2D eigenvalue weighted by Crippen LogP contribution is 2.28. The fraction of sp³-hybridized carbons (Fsp3) is 0.381. The summed E-state index contributed by atoms with van der Waals surface area (Å²) in [7, 11) is 0. The molecule has 0 bridgehead atoms. The van der Waals surface area contributed by atoms with Gasteiger partial charge >= 0.3 is 0 Å². The molecule has 3 N–H and O–H groups in total. The van der Waals surface area contributed by atoms with Crippen LogP contribution in [0.5, 0.6) is 0 Å². The quantitative estimate of drug-likeness (QED) is 0.549. The van der Waals surface area contributed by atoms with Crippen LogP contribution in [0.3, 0.4) is 0 Å². The van der Waals surface area contributed by atoms with Crippen LogP contribution in [0.15, 0.2) is 36.8 Å². The van der Waals surface area contributed by atoms with Crippen molar-refractivity contribution < 1.29 is 18.7 Å². The van der Waals surface area contributed by atoms with Gasteiger partial charge in [-0.25, -0.2) is 13.3 Å². The molecule has 1 atom stereocenters. The summed E-state index contributed by atoms with van der Waals surface area (Å²) >= 11 is 0. The normalized spacial score (nSPS) is 12.9. The van der Waals surface area contributed by atoms with Gasteiger partial charge in [0.05, 0.1) is 47.0 Å². The van der Waals surface area contributed by atoms with E-state index in [1.807, 2.05) is 13.8 Å². The molecule has 0 aliphatic heterocycles. The molecule has 3 aromatic rings. The van der Waals surface area contributed by atoms with E-state index >= 15 is 0 Å². The summed E-state index contributed by atoms with van der Waals surface area (Å²) in [4.78, 5) is 16.8. The Morgan fingerprint density at radius 3 is 2.63 bits per heavy atom. The molecule has 0 saturated carbocycles. The first-order valence-corrected chi connectivity index (χ1v) is 9.60. The highest BCUT2D eigenvalue weighted by atomic mass is 19.1. The van der Waals surface area contributed by atoms with Crippen molar-refractivity contribution in [3.05, 3.63) is 48.2 Å². The van der Waals surface area contributed by atoms with Gasteiger partial charge in [0, 0.05) is 17.8 Å². The molecule has 0 unspecified atom stereocenters. The summed E-state index contributed by atoms with van der Waals surface area (Å²) in [6, 6.07) is 4.69. The van der Waals surface area contributed by atoms with Crippen LogP contribution >= 0.6 is 0 Å². The van der Waals surface area contributed by atoms with Crippen molar-refractivity contribution in [1.29, 1.82) is 0 Å². The molecule has 160 valence electrons. The lowest BCUT2D eigenvalue weighted by Crippen LogP contribution is -2.42. The molecule has 1 amide bonds. The number of rotatable bonds is 7. The minimum absolute atomic E-state index is 0.00958. The zero-order valence-corrected chi connectivity index (χ0v) is 17.3. The molecule has 0 saturated heterocycles. The minimum atomic E-state index is -1.62. The van der Waals surface area contributed by atoms with Gasteiger partial charge in [0.1, 0.15) is 12.0 Å². The standard InChI is InChI=1S/C21H25F2N5O2/c1-12(2)27-19-15(20(29)25-10-18(23)21(3,4)30)9-26-28-11-13(7-17(19)28)16-6-5-14(22)8-24-16/h5-9,11-12,18,27,30H,10H2,1-4H3,(H,25,29)/t18-/m1/s1. The van der Waals surface area contributed by atoms with Crippen LogP contribution in [0.4, 0.5) is 14.5 Å². The van der Waals surface area contributed by atoms with Crippen LogP contribution < -0.4 is 10.6 Å². The molecule has 9 heteroatoms. The van der Waals surface area contributed by atoms with Crippen LogP contribution in [0.1, 0.15) is 38.1 Å². The molecule has 0 aliphatic rings. The van der Waals surface area contributed by atoms with Gasteiger partial charge in [-0.15, -0.1) is 0 Å². The number of aromatic nitrogens is 3. The lowest BCUT2D eigenvalue weighted by molar-refractivity contribution is -0.00177. The molecule has 0 aromatic carbocycles. The summed E-state index contributed by atoms with van der Waals surface area (Å²) in [5.41, 5.74) is 1.11. The SMILES string of the molecule is CC(C)Nc1c(C(=O)NC[C@@H](F)C(C)(C)O)cnn2cc(-c3ccc(F)cn3)cc12. The second-order valence-corrected chi connectivity index (χ2v) is 7.98. The van der Waals surface area contributed by atoms with E-state index in [0.29, 0.717) is 22.5 Å². The van der Waals surface area contributed by atoms with Gasteiger partial charge < -0.3 is 15.7 Å². The largest absolute Gasteiger partial charge is 0.387 e. The number of carbonyl (C=O) groups is 1. The van der Waals surface area contributed by atoms with Crippen molar-refractivity contribution in [3.8, 4) is 11.3 Å². The van der Waals surface area contributed by atoms with Crippen LogP contribution in [0, 0.1) is 5.82 Å². The molecule has 30 heavy (non-hydrogen) atoms. The van der Waals surface area contributed by atoms with E-state index < -0.39 is 23.5 Å². The number of hydrogen-bond donors (Lipinski definition) is 3. The third-order valence-electron chi connectivity index (χ3n) is 4.55. The van der Waals surface area contributed by atoms with Gasteiger partial charge in [0.15, 0.2) is 0 Å². The smallest absolute Gasteiger partial charge is 0.255 e. The van der Waals surface area contributed by atoms with Crippen LogP contribution in [0.2, 0.25) is 0 Å². The lowest BCUT2D eigenvalue weighted by atomic mass is 10.0. The Balaban J connectivity index is 1.98. The van der Waals surface area contributed by atoms with E-state index in [-0.39, 0.29) is 18.2 Å². The van der Waals surface area contributed by atoms with Crippen molar-refractivity contribution in [2.45, 2.75) is 45.5 Å². The monoisotopic (exact) mass is 417 g/mol. The molecule has 0 fully saturated rings. The first-order chi connectivity index (χ1) is 14.1. The average molecular weight is 417 g/mol. The Morgan fingerprint density at radius 2 is 2.03 bits per heavy atom. The molecule has 0 aliphatic carbocycles. The number of hydrogen-bond acceptors (Lipinski definition) is 5. The number of carbonyl (C=O) groups excluding carboxylic acids is 1. The topological polar surface area (TPSA) is 91.5 Å². The van der Waals surface area contributed by atoms with E-state index in [2.05, 4.69) is 20.7 Å². The van der Waals surface area contributed by atoms with E-state index in [9.17, 15) is 18.7 Å². The first-order valence-electron chi connectivity index (χ1n) is 9.60. The second-order valence-electron chi connectivity index (χ2n) is 7.98. The molecule has 7 nitrogen and oxygen atoms in total. The first kappa shape index (κ1) is 21.6. The zero-order valence-electron chi connectivity index (χ0n) is 17.3. The fourth-order valence-corrected chi connectivity index (χ4v) is 2.88. The summed E-state index contributed by atoms with van der Waals surface area (Å²) in [6.45, 7) is 6.20. The van der Waals surface area contributed by atoms with Gasteiger partial charge in [0.2, 0.25) is 0 Å². The van der Waals surface area contributed by atoms with E-state index in [4.69, 9.17) is 0 Å². The number of fused-ring (bicyclic) bond motifs is 1. The van der Waals surface area contributed by atoms with E-state index in [1.165, 1.54) is 26.1 Å². The number of aliphatic hydroxyl groups is 1. The number of halogens is 2. The van der Waals surface area contributed by atoms with Crippen molar-refractivity contribution in [3.63, 3.8) is 0 Å². The highest BCUT2D eigenvalue weighted by Gasteiger charge is 2.27. The number of alkyl halides is 1. The van der Waals surface area contributed by atoms with Gasteiger partial charge in [-0.1, -0.05) is 0 Å². The molecule has 3 rings (SSSR count). The second kappa shape index (κ2) is 8.35. The Morgan fingerprint density at radius 1 is 1.30 bits per heavy atom. The molecule has 3 heterocycles. The Bertz CT molecular complexity index is 1040. The van der Waals surface area contributed by atoms with Crippen LogP contribution in [-0.2, 0) is 0 Å². The lowest BCUT2D eigenvalue weighted by Gasteiger charge is -2.23. The number of pyridine rings is 1. The van der Waals surface area contributed by atoms with Crippen LogP contribution in [0.25, 0.3) is 16.8 Å². The Hall–Kier alpha value is -3.07. The maximum Gasteiger partial charge on any atom is 0.255 e.